The Bertz CT molecular complexity index is 522. The Morgan fingerprint density at radius 3 is 2.95 bits per heavy atom. The molecule has 2 aromatic rings. The van der Waals surface area contributed by atoms with E-state index in [4.69, 9.17) is 4.74 Å². The molecule has 0 spiro atoms. The van der Waals surface area contributed by atoms with Crippen LogP contribution in [0.15, 0.2) is 36.7 Å². The van der Waals surface area contributed by atoms with Crippen LogP contribution in [0, 0.1) is 0 Å². The minimum atomic E-state index is 0.228. The zero-order valence-electron chi connectivity index (χ0n) is 11.8. The van der Waals surface area contributed by atoms with Gasteiger partial charge in [0.2, 0.25) is 5.95 Å². The van der Waals surface area contributed by atoms with Crippen molar-refractivity contribution in [3.05, 3.63) is 36.7 Å². The molecule has 1 atom stereocenters. The molecule has 4 heteroatoms. The molecule has 0 radical (unpaired) electrons. The summed E-state index contributed by atoms with van der Waals surface area (Å²) in [6, 6.07) is 8.07. The second-order valence-corrected chi connectivity index (χ2v) is 4.49. The molecule has 1 unspecified atom stereocenters. The highest BCUT2D eigenvalue weighted by molar-refractivity contribution is 5.45. The maximum absolute atomic E-state index is 5.85. The first-order valence-electron chi connectivity index (χ1n) is 6.79. The van der Waals surface area contributed by atoms with Crippen molar-refractivity contribution in [2.75, 3.05) is 11.9 Å². The van der Waals surface area contributed by atoms with Gasteiger partial charge in [0.15, 0.2) is 0 Å². The van der Waals surface area contributed by atoms with Gasteiger partial charge in [-0.25, -0.2) is 4.98 Å². The number of hydrogen-bond acceptors (Lipinski definition) is 3. The first-order valence-corrected chi connectivity index (χ1v) is 6.79. The molecule has 0 saturated carbocycles. The molecule has 1 aromatic carbocycles. The molecule has 4 nitrogen and oxygen atoms in total. The van der Waals surface area contributed by atoms with Gasteiger partial charge >= 0.3 is 0 Å². The van der Waals surface area contributed by atoms with Crippen molar-refractivity contribution in [2.45, 2.75) is 33.3 Å². The SMILES string of the molecule is CCNc1nccn1-c1cccc(OC(C)CC)c1. The molecule has 19 heavy (non-hydrogen) atoms. The zero-order valence-corrected chi connectivity index (χ0v) is 11.8. The third-order valence-corrected chi connectivity index (χ3v) is 2.98. The number of nitrogens with zero attached hydrogens (tertiary/aromatic N) is 2. The van der Waals surface area contributed by atoms with Gasteiger partial charge in [-0.15, -0.1) is 0 Å². The van der Waals surface area contributed by atoms with Gasteiger partial charge in [-0.1, -0.05) is 13.0 Å². The van der Waals surface area contributed by atoms with Crippen LogP contribution in [0.3, 0.4) is 0 Å². The lowest BCUT2D eigenvalue weighted by atomic mass is 10.2. The highest BCUT2D eigenvalue weighted by Crippen LogP contribution is 2.21. The fourth-order valence-corrected chi connectivity index (χ4v) is 1.82. The minimum absolute atomic E-state index is 0.228. The van der Waals surface area contributed by atoms with Gasteiger partial charge in [0.1, 0.15) is 5.75 Å². The Labute approximate surface area is 114 Å². The van der Waals surface area contributed by atoms with Gasteiger partial charge in [0.25, 0.3) is 0 Å². The Kier molecular flexibility index (Phi) is 4.44. The Balaban J connectivity index is 2.24. The van der Waals surface area contributed by atoms with E-state index in [1.165, 1.54) is 0 Å². The predicted molar refractivity (Wildman–Crippen MR) is 78.1 cm³/mol. The van der Waals surface area contributed by atoms with E-state index < -0.39 is 0 Å². The molecular formula is C15H21N3O. The number of nitrogens with one attached hydrogen (secondary N) is 1. The second-order valence-electron chi connectivity index (χ2n) is 4.49. The molecule has 0 saturated heterocycles. The molecule has 102 valence electrons. The maximum atomic E-state index is 5.85. The minimum Gasteiger partial charge on any atom is -0.491 e. The third kappa shape index (κ3) is 3.28. The number of anilines is 1. The van der Waals surface area contributed by atoms with E-state index >= 15 is 0 Å². The first-order chi connectivity index (χ1) is 9.24. The molecule has 1 N–H and O–H groups in total. The van der Waals surface area contributed by atoms with Crippen molar-refractivity contribution in [2.24, 2.45) is 0 Å². The van der Waals surface area contributed by atoms with Crippen molar-refractivity contribution in [1.29, 1.82) is 0 Å². The number of hydrogen-bond donors (Lipinski definition) is 1. The summed E-state index contributed by atoms with van der Waals surface area (Å²) < 4.78 is 7.87. The number of imidazole rings is 1. The van der Waals surface area contributed by atoms with E-state index in [0.717, 1.165) is 30.4 Å². The summed E-state index contributed by atoms with van der Waals surface area (Å²) >= 11 is 0. The molecule has 1 aromatic heterocycles. The highest BCUT2D eigenvalue weighted by atomic mass is 16.5. The quantitative estimate of drug-likeness (QED) is 0.863. The van der Waals surface area contributed by atoms with Crippen molar-refractivity contribution < 1.29 is 4.74 Å². The summed E-state index contributed by atoms with van der Waals surface area (Å²) in [5.74, 6) is 1.74. The Hall–Kier alpha value is -1.97. The third-order valence-electron chi connectivity index (χ3n) is 2.98. The zero-order chi connectivity index (χ0) is 13.7. The van der Waals surface area contributed by atoms with Crippen molar-refractivity contribution >= 4 is 5.95 Å². The fraction of sp³-hybridized carbons (Fsp3) is 0.400. The van der Waals surface area contributed by atoms with Crippen molar-refractivity contribution in [1.82, 2.24) is 9.55 Å². The number of ether oxygens (including phenoxy) is 1. The monoisotopic (exact) mass is 259 g/mol. The number of aromatic nitrogens is 2. The van der Waals surface area contributed by atoms with E-state index in [9.17, 15) is 0 Å². The summed E-state index contributed by atoms with van der Waals surface area (Å²) in [4.78, 5) is 4.30. The lowest BCUT2D eigenvalue weighted by Crippen LogP contribution is -2.10. The lowest BCUT2D eigenvalue weighted by molar-refractivity contribution is 0.217. The first kappa shape index (κ1) is 13.5. The fourth-order valence-electron chi connectivity index (χ4n) is 1.82. The molecule has 2 rings (SSSR count). The number of benzene rings is 1. The van der Waals surface area contributed by atoms with Gasteiger partial charge < -0.3 is 10.1 Å². The standard InChI is InChI=1S/C15H21N3O/c1-4-12(3)19-14-8-6-7-13(11-14)18-10-9-17-15(18)16-5-2/h6-12H,4-5H2,1-3H3,(H,16,17). The van der Waals surface area contributed by atoms with Crippen molar-refractivity contribution in [3.63, 3.8) is 0 Å². The largest absolute Gasteiger partial charge is 0.491 e. The average molecular weight is 259 g/mol. The molecule has 0 amide bonds. The summed E-state index contributed by atoms with van der Waals surface area (Å²) in [5, 5.41) is 3.24. The molecule has 0 aliphatic heterocycles. The topological polar surface area (TPSA) is 39.1 Å². The summed E-state index contributed by atoms with van der Waals surface area (Å²) in [6.07, 6.45) is 4.96. The van der Waals surface area contributed by atoms with Gasteiger partial charge in [0.05, 0.1) is 11.8 Å². The average Bonchev–Trinajstić information content (AvgIpc) is 2.87. The second kappa shape index (κ2) is 6.27. The van der Waals surface area contributed by atoms with Crippen LogP contribution in [0.5, 0.6) is 5.75 Å². The van der Waals surface area contributed by atoms with Gasteiger partial charge in [-0.05, 0) is 32.4 Å². The van der Waals surface area contributed by atoms with Gasteiger partial charge in [0, 0.05) is 25.0 Å². The van der Waals surface area contributed by atoms with Crippen LogP contribution in [0.25, 0.3) is 5.69 Å². The van der Waals surface area contributed by atoms with Crippen LogP contribution in [0.4, 0.5) is 5.95 Å². The molecular weight excluding hydrogens is 238 g/mol. The van der Waals surface area contributed by atoms with Crippen LogP contribution in [0.1, 0.15) is 27.2 Å². The Morgan fingerprint density at radius 1 is 1.37 bits per heavy atom. The lowest BCUT2D eigenvalue weighted by Gasteiger charge is -2.14. The van der Waals surface area contributed by atoms with Crippen LogP contribution in [-0.2, 0) is 0 Å². The van der Waals surface area contributed by atoms with Gasteiger partial charge in [-0.2, -0.15) is 0 Å². The summed E-state index contributed by atoms with van der Waals surface area (Å²) in [5.41, 5.74) is 1.05. The normalized spacial score (nSPS) is 12.2. The van der Waals surface area contributed by atoms with E-state index in [1.807, 2.05) is 35.0 Å². The summed E-state index contributed by atoms with van der Waals surface area (Å²) in [7, 11) is 0. The van der Waals surface area contributed by atoms with Crippen LogP contribution < -0.4 is 10.1 Å². The smallest absolute Gasteiger partial charge is 0.207 e. The summed E-state index contributed by atoms with van der Waals surface area (Å²) in [6.45, 7) is 7.10. The molecule has 1 heterocycles. The van der Waals surface area contributed by atoms with E-state index in [0.29, 0.717) is 0 Å². The molecule has 0 aliphatic rings. The molecule has 0 bridgehead atoms. The predicted octanol–water partition coefficient (Wildman–Crippen LogP) is 3.48. The number of rotatable bonds is 6. The van der Waals surface area contributed by atoms with Crippen molar-refractivity contribution in [3.8, 4) is 11.4 Å². The Morgan fingerprint density at radius 2 is 2.21 bits per heavy atom. The maximum Gasteiger partial charge on any atom is 0.207 e. The van der Waals surface area contributed by atoms with Crippen LogP contribution in [-0.4, -0.2) is 22.2 Å². The molecule has 0 aliphatic carbocycles. The van der Waals surface area contributed by atoms with Gasteiger partial charge in [-0.3, -0.25) is 4.57 Å². The molecule has 0 fully saturated rings. The van der Waals surface area contributed by atoms with E-state index in [1.54, 1.807) is 6.20 Å². The van der Waals surface area contributed by atoms with Crippen LogP contribution in [0.2, 0.25) is 0 Å². The van der Waals surface area contributed by atoms with E-state index in [-0.39, 0.29) is 6.10 Å². The highest BCUT2D eigenvalue weighted by Gasteiger charge is 2.06. The van der Waals surface area contributed by atoms with E-state index in [2.05, 4.69) is 31.1 Å². The van der Waals surface area contributed by atoms with Crippen LogP contribution >= 0.6 is 0 Å².